The van der Waals surface area contributed by atoms with Crippen LogP contribution >= 0.6 is 0 Å². The van der Waals surface area contributed by atoms with Crippen molar-refractivity contribution in [3.05, 3.63) is 39.5 Å². The molecule has 164 valence electrons. The van der Waals surface area contributed by atoms with Crippen LogP contribution in [0.2, 0.25) is 0 Å². The molecule has 0 amide bonds. The second-order valence-electron chi connectivity index (χ2n) is 8.84. The molecule has 0 spiro atoms. The van der Waals surface area contributed by atoms with E-state index in [1.165, 1.54) is 5.56 Å². The third-order valence-corrected chi connectivity index (χ3v) is 9.28. The SMILES string of the molecule is Cc1c(C)c(C)c(S(=O)(=O)N2CCN(C(C)c3nc(C4CC4)no3)CC2)c(C)c1C. The lowest BCUT2D eigenvalue weighted by molar-refractivity contribution is 0.124. The molecule has 1 aromatic heterocycles. The molecule has 30 heavy (non-hydrogen) atoms. The summed E-state index contributed by atoms with van der Waals surface area (Å²) in [5, 5.41) is 4.11. The van der Waals surface area contributed by atoms with Crippen molar-refractivity contribution in [2.24, 2.45) is 0 Å². The minimum atomic E-state index is -3.54. The molecule has 2 aromatic rings. The van der Waals surface area contributed by atoms with E-state index in [1.807, 2.05) is 27.7 Å². The van der Waals surface area contributed by atoms with Gasteiger partial charge in [0.05, 0.1) is 10.9 Å². The van der Waals surface area contributed by atoms with Crippen LogP contribution in [0.25, 0.3) is 0 Å². The Kier molecular flexibility index (Phi) is 5.53. The third kappa shape index (κ3) is 3.59. The normalized spacial score (nSPS) is 19.9. The fraction of sp³-hybridized carbons (Fsp3) is 0.636. The van der Waals surface area contributed by atoms with Gasteiger partial charge >= 0.3 is 0 Å². The van der Waals surface area contributed by atoms with E-state index in [0.717, 1.165) is 40.9 Å². The van der Waals surface area contributed by atoms with Gasteiger partial charge < -0.3 is 4.52 Å². The molecule has 0 bridgehead atoms. The smallest absolute Gasteiger partial charge is 0.243 e. The highest BCUT2D eigenvalue weighted by Gasteiger charge is 2.35. The maximum absolute atomic E-state index is 13.5. The van der Waals surface area contributed by atoms with Gasteiger partial charge in [-0.3, -0.25) is 4.90 Å². The predicted molar refractivity (Wildman–Crippen MR) is 115 cm³/mol. The number of hydrogen-bond acceptors (Lipinski definition) is 6. The molecule has 2 heterocycles. The van der Waals surface area contributed by atoms with Crippen LogP contribution in [0.5, 0.6) is 0 Å². The van der Waals surface area contributed by atoms with Crippen LogP contribution in [-0.2, 0) is 10.0 Å². The summed E-state index contributed by atoms with van der Waals surface area (Å²) in [7, 11) is -3.54. The molecule has 8 heteroatoms. The van der Waals surface area contributed by atoms with Gasteiger partial charge in [-0.1, -0.05) is 5.16 Å². The second-order valence-corrected chi connectivity index (χ2v) is 10.7. The molecule has 2 aliphatic rings. The van der Waals surface area contributed by atoms with Gasteiger partial charge in [0, 0.05) is 32.1 Å². The van der Waals surface area contributed by atoms with Crippen LogP contribution in [0.3, 0.4) is 0 Å². The van der Waals surface area contributed by atoms with Crippen molar-refractivity contribution in [3.63, 3.8) is 0 Å². The van der Waals surface area contributed by atoms with Crippen molar-refractivity contribution in [2.75, 3.05) is 26.2 Å². The number of hydrogen-bond donors (Lipinski definition) is 0. The Morgan fingerprint density at radius 1 is 0.900 bits per heavy atom. The number of benzene rings is 1. The molecule has 1 atom stereocenters. The van der Waals surface area contributed by atoms with Gasteiger partial charge in [0.1, 0.15) is 0 Å². The predicted octanol–water partition coefficient (Wildman–Crippen LogP) is 3.56. The van der Waals surface area contributed by atoms with Crippen LogP contribution < -0.4 is 0 Å². The zero-order valence-corrected chi connectivity index (χ0v) is 19.6. The highest BCUT2D eigenvalue weighted by Crippen LogP contribution is 2.39. The number of rotatable bonds is 5. The Bertz CT molecular complexity index is 1040. The lowest BCUT2D eigenvalue weighted by atomic mass is 9.95. The molecule has 2 fully saturated rings. The van der Waals surface area contributed by atoms with Gasteiger partial charge in [0.15, 0.2) is 5.82 Å². The Labute approximate surface area is 179 Å². The quantitative estimate of drug-likeness (QED) is 0.719. The van der Waals surface area contributed by atoms with E-state index < -0.39 is 10.0 Å². The Morgan fingerprint density at radius 2 is 1.43 bits per heavy atom. The van der Waals surface area contributed by atoms with Crippen LogP contribution in [0.1, 0.15) is 71.3 Å². The first-order valence-electron chi connectivity index (χ1n) is 10.8. The molecule has 1 saturated carbocycles. The van der Waals surface area contributed by atoms with Crippen LogP contribution in [0.15, 0.2) is 9.42 Å². The van der Waals surface area contributed by atoms with Crippen LogP contribution in [0.4, 0.5) is 0 Å². The maximum atomic E-state index is 13.5. The van der Waals surface area contributed by atoms with Crippen molar-refractivity contribution < 1.29 is 12.9 Å². The van der Waals surface area contributed by atoms with E-state index >= 15 is 0 Å². The van der Waals surface area contributed by atoms with E-state index in [-0.39, 0.29) is 6.04 Å². The summed E-state index contributed by atoms with van der Waals surface area (Å²) in [5.74, 6) is 1.91. The average molecular weight is 433 g/mol. The number of sulfonamides is 1. The summed E-state index contributed by atoms with van der Waals surface area (Å²) < 4.78 is 34.2. The zero-order chi connectivity index (χ0) is 21.8. The highest BCUT2D eigenvalue weighted by atomic mass is 32.2. The number of piperazine rings is 1. The van der Waals surface area contributed by atoms with Crippen molar-refractivity contribution in [2.45, 2.75) is 71.2 Å². The number of nitrogens with zero attached hydrogens (tertiary/aromatic N) is 4. The lowest BCUT2D eigenvalue weighted by Crippen LogP contribution is -2.49. The van der Waals surface area contributed by atoms with E-state index in [9.17, 15) is 8.42 Å². The fourth-order valence-electron chi connectivity index (χ4n) is 4.39. The largest absolute Gasteiger partial charge is 0.338 e. The molecular weight excluding hydrogens is 400 g/mol. The monoisotopic (exact) mass is 432 g/mol. The topological polar surface area (TPSA) is 79.5 Å². The second kappa shape index (κ2) is 7.73. The van der Waals surface area contributed by atoms with Crippen LogP contribution in [-0.4, -0.2) is 53.9 Å². The molecule has 1 aromatic carbocycles. The summed E-state index contributed by atoms with van der Waals surface area (Å²) in [4.78, 5) is 7.27. The summed E-state index contributed by atoms with van der Waals surface area (Å²) in [6.07, 6.45) is 2.28. The van der Waals surface area contributed by atoms with Crippen molar-refractivity contribution in [3.8, 4) is 0 Å². The summed E-state index contributed by atoms with van der Waals surface area (Å²) >= 11 is 0. The van der Waals surface area contributed by atoms with Gasteiger partial charge in [-0.2, -0.15) is 9.29 Å². The first-order valence-corrected chi connectivity index (χ1v) is 12.2. The third-order valence-electron chi connectivity index (χ3n) is 7.11. The molecule has 1 unspecified atom stereocenters. The molecule has 1 aliphatic heterocycles. The zero-order valence-electron chi connectivity index (χ0n) is 18.8. The minimum absolute atomic E-state index is 0.0119. The molecule has 4 rings (SSSR count). The maximum Gasteiger partial charge on any atom is 0.243 e. The summed E-state index contributed by atoms with van der Waals surface area (Å²) in [6, 6.07) is -0.0119. The Balaban J connectivity index is 1.51. The van der Waals surface area contributed by atoms with E-state index in [1.54, 1.807) is 4.31 Å². The minimum Gasteiger partial charge on any atom is -0.338 e. The summed E-state index contributed by atoms with van der Waals surface area (Å²) in [5.41, 5.74) is 5.03. The van der Waals surface area contributed by atoms with E-state index in [4.69, 9.17) is 4.52 Å². The van der Waals surface area contributed by atoms with Crippen LogP contribution in [0, 0.1) is 34.6 Å². The molecule has 1 saturated heterocycles. The van der Waals surface area contributed by atoms with Crippen molar-refractivity contribution in [1.29, 1.82) is 0 Å². The van der Waals surface area contributed by atoms with E-state index in [0.29, 0.717) is 42.9 Å². The van der Waals surface area contributed by atoms with Gasteiger partial charge in [-0.15, -0.1) is 0 Å². The molecule has 1 aliphatic carbocycles. The van der Waals surface area contributed by atoms with Gasteiger partial charge in [-0.25, -0.2) is 8.42 Å². The molecular formula is C22H32N4O3S. The molecule has 0 N–H and O–H groups in total. The average Bonchev–Trinajstić information content (AvgIpc) is 3.47. The Hall–Kier alpha value is -1.77. The number of aromatic nitrogens is 2. The summed E-state index contributed by atoms with van der Waals surface area (Å²) in [6.45, 7) is 14.2. The Morgan fingerprint density at radius 3 is 1.97 bits per heavy atom. The fourth-order valence-corrected chi connectivity index (χ4v) is 6.38. The van der Waals surface area contributed by atoms with Crippen molar-refractivity contribution >= 4 is 10.0 Å². The van der Waals surface area contributed by atoms with Gasteiger partial charge in [0.2, 0.25) is 15.9 Å². The lowest BCUT2D eigenvalue weighted by Gasteiger charge is -2.36. The van der Waals surface area contributed by atoms with Gasteiger partial charge in [0.25, 0.3) is 0 Å². The molecule has 0 radical (unpaired) electrons. The highest BCUT2D eigenvalue weighted by molar-refractivity contribution is 7.89. The molecule has 7 nitrogen and oxygen atoms in total. The van der Waals surface area contributed by atoms with Crippen molar-refractivity contribution in [1.82, 2.24) is 19.3 Å². The first-order chi connectivity index (χ1) is 14.1. The first kappa shape index (κ1) is 21.5. The van der Waals surface area contributed by atoms with E-state index in [2.05, 4.69) is 28.9 Å². The van der Waals surface area contributed by atoms with Gasteiger partial charge in [-0.05, 0) is 82.2 Å². The standard InChI is InChI=1S/C22H32N4O3S/c1-13-14(2)16(4)20(17(5)15(13)3)30(27,28)26-11-9-25(10-12-26)18(6)22-23-21(24-29-22)19-7-8-19/h18-19H,7-12H2,1-6H3.